The van der Waals surface area contributed by atoms with E-state index in [1.54, 1.807) is 0 Å². The lowest BCUT2D eigenvalue weighted by Crippen LogP contribution is -2.18. The van der Waals surface area contributed by atoms with Gasteiger partial charge in [0.2, 0.25) is 0 Å². The van der Waals surface area contributed by atoms with Crippen LogP contribution in [0, 0.1) is 13.8 Å². The van der Waals surface area contributed by atoms with Crippen molar-refractivity contribution in [1.82, 2.24) is 0 Å². The lowest BCUT2D eigenvalue weighted by molar-refractivity contribution is -0.183. The molecule has 0 saturated carbocycles. The molecule has 2 heteroatoms. The molecule has 2 rings (SSSR count). The molecule has 0 aliphatic carbocycles. The molecule has 0 atom stereocenters. The number of hydrogen-bond donors (Lipinski definition) is 0. The highest BCUT2D eigenvalue weighted by Crippen LogP contribution is 2.25. The molecule has 0 N–H and O–H groups in total. The number of benzene rings is 1. The smallest absolute Gasteiger partial charge is 0.184 e. The van der Waals surface area contributed by atoms with Crippen LogP contribution in [0.4, 0.5) is 0 Å². The maximum Gasteiger partial charge on any atom is 0.184 e. The van der Waals surface area contributed by atoms with Crippen LogP contribution < -0.4 is 0 Å². The second-order valence-electron chi connectivity index (χ2n) is 3.79. The highest BCUT2D eigenvalue weighted by atomic mass is 16.7. The van der Waals surface area contributed by atoms with Gasteiger partial charge in [0.15, 0.2) is 6.29 Å². The van der Waals surface area contributed by atoms with Crippen molar-refractivity contribution in [1.29, 1.82) is 0 Å². The highest BCUT2D eigenvalue weighted by molar-refractivity contribution is 5.31. The molecule has 1 aliphatic heterocycles. The number of hydrogen-bond acceptors (Lipinski definition) is 2. The minimum atomic E-state index is -0.149. The average Bonchev–Trinajstić information content (AvgIpc) is 2.19. The molecule has 76 valence electrons. The zero-order valence-corrected chi connectivity index (χ0v) is 8.75. The van der Waals surface area contributed by atoms with Crippen molar-refractivity contribution >= 4 is 0 Å². The van der Waals surface area contributed by atoms with Crippen molar-refractivity contribution < 1.29 is 9.47 Å². The second kappa shape index (κ2) is 4.11. The zero-order valence-electron chi connectivity index (χ0n) is 8.75. The first-order valence-corrected chi connectivity index (χ1v) is 5.08. The van der Waals surface area contributed by atoms with Gasteiger partial charge in [-0.1, -0.05) is 23.8 Å². The van der Waals surface area contributed by atoms with E-state index in [1.807, 2.05) is 0 Å². The van der Waals surface area contributed by atoms with Crippen LogP contribution in [-0.2, 0) is 9.47 Å². The van der Waals surface area contributed by atoms with E-state index in [0.29, 0.717) is 0 Å². The Kier molecular flexibility index (Phi) is 2.85. The van der Waals surface area contributed by atoms with Crippen molar-refractivity contribution in [2.45, 2.75) is 26.6 Å². The van der Waals surface area contributed by atoms with E-state index in [2.05, 4.69) is 32.0 Å². The Bertz CT molecular complexity index is 314. The fourth-order valence-electron chi connectivity index (χ4n) is 1.76. The van der Waals surface area contributed by atoms with Gasteiger partial charge in [0.05, 0.1) is 13.2 Å². The van der Waals surface area contributed by atoms with Gasteiger partial charge in [-0.15, -0.1) is 0 Å². The van der Waals surface area contributed by atoms with Gasteiger partial charge in [-0.3, -0.25) is 0 Å². The maximum atomic E-state index is 5.56. The lowest BCUT2D eigenvalue weighted by Gasteiger charge is -2.24. The van der Waals surface area contributed by atoms with E-state index < -0.39 is 0 Å². The monoisotopic (exact) mass is 192 g/mol. The van der Waals surface area contributed by atoms with Crippen LogP contribution in [0.1, 0.15) is 29.4 Å². The van der Waals surface area contributed by atoms with Crippen LogP contribution in [-0.4, -0.2) is 13.2 Å². The predicted octanol–water partition coefficient (Wildman–Crippen LogP) is 2.74. The molecule has 1 saturated heterocycles. The first-order chi connectivity index (χ1) is 6.77. The first kappa shape index (κ1) is 9.69. The Morgan fingerprint density at radius 1 is 1.14 bits per heavy atom. The molecule has 1 heterocycles. The minimum absolute atomic E-state index is 0.149. The van der Waals surface area contributed by atoms with E-state index in [1.165, 1.54) is 11.1 Å². The molecule has 2 nitrogen and oxygen atoms in total. The molecule has 0 spiro atoms. The molecule has 0 radical (unpaired) electrons. The van der Waals surface area contributed by atoms with Gasteiger partial charge in [-0.25, -0.2) is 0 Å². The first-order valence-electron chi connectivity index (χ1n) is 5.08. The summed E-state index contributed by atoms with van der Waals surface area (Å²) in [6, 6.07) is 6.36. The van der Waals surface area contributed by atoms with Gasteiger partial charge in [0, 0.05) is 5.56 Å². The molecule has 0 aromatic heterocycles. The largest absolute Gasteiger partial charge is 0.348 e. The summed E-state index contributed by atoms with van der Waals surface area (Å²) < 4.78 is 11.1. The van der Waals surface area contributed by atoms with Crippen molar-refractivity contribution in [3.63, 3.8) is 0 Å². The van der Waals surface area contributed by atoms with Gasteiger partial charge in [-0.05, 0) is 25.8 Å². The topological polar surface area (TPSA) is 18.5 Å². The van der Waals surface area contributed by atoms with Crippen molar-refractivity contribution in [3.05, 3.63) is 34.9 Å². The van der Waals surface area contributed by atoms with E-state index >= 15 is 0 Å². The molecular formula is C12H16O2. The van der Waals surface area contributed by atoms with Gasteiger partial charge in [0.25, 0.3) is 0 Å². The fraction of sp³-hybridized carbons (Fsp3) is 0.500. The molecule has 1 fully saturated rings. The van der Waals surface area contributed by atoms with Crippen LogP contribution in [0.15, 0.2) is 18.2 Å². The number of ether oxygens (including phenoxy) is 2. The van der Waals surface area contributed by atoms with Crippen molar-refractivity contribution in [3.8, 4) is 0 Å². The molecule has 0 unspecified atom stereocenters. The van der Waals surface area contributed by atoms with E-state index in [9.17, 15) is 0 Å². The van der Waals surface area contributed by atoms with Gasteiger partial charge >= 0.3 is 0 Å². The molecule has 0 bridgehead atoms. The average molecular weight is 192 g/mol. The third kappa shape index (κ3) is 1.97. The fourth-order valence-corrected chi connectivity index (χ4v) is 1.76. The Balaban J connectivity index is 2.22. The maximum absolute atomic E-state index is 5.56. The SMILES string of the molecule is Cc1ccc(C2OCCCO2)c(C)c1. The summed E-state index contributed by atoms with van der Waals surface area (Å²) in [6.45, 7) is 5.80. The van der Waals surface area contributed by atoms with Crippen LogP contribution in [0.25, 0.3) is 0 Å². The summed E-state index contributed by atoms with van der Waals surface area (Å²) in [5.74, 6) is 0. The standard InChI is InChI=1S/C12H16O2/c1-9-4-5-11(10(2)8-9)12-13-6-3-7-14-12/h4-5,8,12H,3,6-7H2,1-2H3. The summed E-state index contributed by atoms with van der Waals surface area (Å²) >= 11 is 0. The van der Waals surface area contributed by atoms with Crippen LogP contribution in [0.5, 0.6) is 0 Å². The summed E-state index contributed by atoms with van der Waals surface area (Å²) in [4.78, 5) is 0. The van der Waals surface area contributed by atoms with E-state index in [0.717, 1.165) is 25.2 Å². The molecule has 1 aromatic carbocycles. The Labute approximate surface area is 84.8 Å². The van der Waals surface area contributed by atoms with E-state index in [-0.39, 0.29) is 6.29 Å². The van der Waals surface area contributed by atoms with Crippen LogP contribution in [0.3, 0.4) is 0 Å². The number of aryl methyl sites for hydroxylation is 2. The second-order valence-corrected chi connectivity index (χ2v) is 3.79. The Morgan fingerprint density at radius 2 is 1.86 bits per heavy atom. The van der Waals surface area contributed by atoms with Gasteiger partial charge < -0.3 is 9.47 Å². The summed E-state index contributed by atoms with van der Waals surface area (Å²) in [5.41, 5.74) is 3.69. The number of rotatable bonds is 1. The molecule has 0 amide bonds. The minimum Gasteiger partial charge on any atom is -0.348 e. The zero-order chi connectivity index (χ0) is 9.97. The Hall–Kier alpha value is -0.860. The third-order valence-electron chi connectivity index (χ3n) is 2.51. The predicted molar refractivity (Wildman–Crippen MR) is 55.2 cm³/mol. The normalized spacial score (nSPS) is 18.4. The summed E-state index contributed by atoms with van der Waals surface area (Å²) in [5, 5.41) is 0. The van der Waals surface area contributed by atoms with Gasteiger partial charge in [-0.2, -0.15) is 0 Å². The van der Waals surface area contributed by atoms with Crippen molar-refractivity contribution in [2.24, 2.45) is 0 Å². The molecule has 1 aliphatic rings. The Morgan fingerprint density at radius 3 is 2.50 bits per heavy atom. The van der Waals surface area contributed by atoms with E-state index in [4.69, 9.17) is 9.47 Å². The molecule has 1 aromatic rings. The van der Waals surface area contributed by atoms with Crippen LogP contribution >= 0.6 is 0 Å². The molecular weight excluding hydrogens is 176 g/mol. The summed E-state index contributed by atoms with van der Waals surface area (Å²) in [6.07, 6.45) is 0.853. The molecule has 14 heavy (non-hydrogen) atoms. The summed E-state index contributed by atoms with van der Waals surface area (Å²) in [7, 11) is 0. The van der Waals surface area contributed by atoms with Crippen LogP contribution in [0.2, 0.25) is 0 Å². The quantitative estimate of drug-likeness (QED) is 0.681. The highest BCUT2D eigenvalue weighted by Gasteiger charge is 2.17. The van der Waals surface area contributed by atoms with Gasteiger partial charge in [0.1, 0.15) is 0 Å². The van der Waals surface area contributed by atoms with Crippen molar-refractivity contribution in [2.75, 3.05) is 13.2 Å². The third-order valence-corrected chi connectivity index (χ3v) is 2.51. The lowest BCUT2D eigenvalue weighted by atomic mass is 10.1.